The normalized spacial score (nSPS) is 12.7. The Labute approximate surface area is 183 Å². The molecule has 2 aromatic rings. The first-order valence-electron chi connectivity index (χ1n) is 9.80. The number of hydrogen-bond acceptors (Lipinski definition) is 5. The molecule has 0 aliphatic rings. The molecule has 0 aromatic heterocycles. The average molecular weight is 451 g/mol. The van der Waals surface area contributed by atoms with Gasteiger partial charge in [0.1, 0.15) is 6.04 Å². The molecule has 0 radical (unpaired) electrons. The van der Waals surface area contributed by atoms with E-state index in [1.807, 2.05) is 45.2 Å². The number of aryl methyl sites for hydroxylation is 1. The van der Waals surface area contributed by atoms with Gasteiger partial charge in [-0.2, -0.15) is 16.5 Å². The van der Waals surface area contributed by atoms with E-state index in [1.54, 1.807) is 42.1 Å². The largest absolute Gasteiger partial charge is 0.374 e. The maximum absolute atomic E-state index is 12.9. The Balaban J connectivity index is 2.13. The fourth-order valence-electron chi connectivity index (χ4n) is 2.68. The van der Waals surface area contributed by atoms with Crippen LogP contribution >= 0.6 is 11.8 Å². The minimum atomic E-state index is -3.81. The summed E-state index contributed by atoms with van der Waals surface area (Å²) >= 11 is 1.56. The molecule has 0 aliphatic carbocycles. The van der Waals surface area contributed by atoms with E-state index in [-0.39, 0.29) is 16.9 Å². The van der Waals surface area contributed by atoms with Crippen molar-refractivity contribution in [3.8, 4) is 0 Å². The van der Waals surface area contributed by atoms with Crippen molar-refractivity contribution in [2.45, 2.75) is 50.8 Å². The zero-order valence-corrected chi connectivity index (χ0v) is 19.5. The van der Waals surface area contributed by atoms with E-state index in [9.17, 15) is 13.2 Å². The van der Waals surface area contributed by atoms with Crippen molar-refractivity contribution in [1.82, 2.24) is 4.72 Å². The third-order valence-electron chi connectivity index (χ3n) is 4.33. The Morgan fingerprint density at radius 1 is 1.13 bits per heavy atom. The number of thioether (sulfide) groups is 1. The summed E-state index contributed by atoms with van der Waals surface area (Å²) in [5.41, 5.74) is 2.50. The van der Waals surface area contributed by atoms with Gasteiger partial charge < -0.3 is 10.1 Å². The van der Waals surface area contributed by atoms with Crippen molar-refractivity contribution in [3.05, 3.63) is 59.7 Å². The van der Waals surface area contributed by atoms with Crippen LogP contribution in [0.3, 0.4) is 0 Å². The summed E-state index contributed by atoms with van der Waals surface area (Å²) < 4.78 is 33.7. The zero-order chi connectivity index (χ0) is 22.1. The van der Waals surface area contributed by atoms with Crippen LogP contribution in [0, 0.1) is 6.92 Å². The fourth-order valence-corrected chi connectivity index (χ4v) is 4.38. The molecule has 0 fully saturated rings. The zero-order valence-electron chi connectivity index (χ0n) is 17.8. The summed E-state index contributed by atoms with van der Waals surface area (Å²) in [4.78, 5) is 13.0. The molecule has 0 spiro atoms. The van der Waals surface area contributed by atoms with Gasteiger partial charge in [-0.25, -0.2) is 8.42 Å². The quantitative estimate of drug-likeness (QED) is 0.541. The number of rotatable bonds is 11. The van der Waals surface area contributed by atoms with Crippen molar-refractivity contribution in [2.75, 3.05) is 17.3 Å². The molecular formula is C22H30N2O4S2. The molecule has 0 bridgehead atoms. The number of carbonyl (C=O) groups is 1. The molecule has 2 N–H and O–H groups in total. The fraction of sp³-hybridized carbons (Fsp3) is 0.409. The second-order valence-electron chi connectivity index (χ2n) is 7.32. The number of ether oxygens (including phenoxy) is 1. The number of amides is 1. The maximum Gasteiger partial charge on any atom is 0.242 e. The SMILES string of the molecule is CSCCC(NS(=O)(=O)c1ccc(C)cc1)C(=O)Nc1cccc(COC(C)C)c1. The lowest BCUT2D eigenvalue weighted by Gasteiger charge is -2.19. The van der Waals surface area contributed by atoms with E-state index in [4.69, 9.17) is 4.74 Å². The summed E-state index contributed by atoms with van der Waals surface area (Å²) in [6.45, 7) is 6.25. The van der Waals surface area contributed by atoms with Gasteiger partial charge in [0.15, 0.2) is 0 Å². The molecule has 0 saturated heterocycles. The number of anilines is 1. The lowest BCUT2D eigenvalue weighted by molar-refractivity contribution is -0.117. The van der Waals surface area contributed by atoms with Gasteiger partial charge >= 0.3 is 0 Å². The van der Waals surface area contributed by atoms with Gasteiger partial charge in [-0.05, 0) is 69.0 Å². The molecule has 8 heteroatoms. The molecule has 1 atom stereocenters. The van der Waals surface area contributed by atoms with Gasteiger partial charge in [0.05, 0.1) is 17.6 Å². The number of carbonyl (C=O) groups excluding carboxylic acids is 1. The van der Waals surface area contributed by atoms with Gasteiger partial charge in [0.2, 0.25) is 15.9 Å². The van der Waals surface area contributed by atoms with Gasteiger partial charge in [0.25, 0.3) is 0 Å². The average Bonchev–Trinajstić information content (AvgIpc) is 2.70. The molecule has 6 nitrogen and oxygen atoms in total. The summed E-state index contributed by atoms with van der Waals surface area (Å²) in [6, 6.07) is 13.0. The highest BCUT2D eigenvalue weighted by atomic mass is 32.2. The molecule has 1 amide bonds. The van der Waals surface area contributed by atoms with E-state index < -0.39 is 16.1 Å². The molecule has 2 aromatic carbocycles. The Morgan fingerprint density at radius 2 is 1.83 bits per heavy atom. The Kier molecular flexibility index (Phi) is 9.36. The van der Waals surface area contributed by atoms with Crippen LogP contribution in [0.5, 0.6) is 0 Å². The Morgan fingerprint density at radius 3 is 2.47 bits per heavy atom. The monoisotopic (exact) mass is 450 g/mol. The molecule has 2 rings (SSSR count). The molecule has 0 saturated carbocycles. The van der Waals surface area contributed by atoms with Crippen molar-refractivity contribution in [2.24, 2.45) is 0 Å². The van der Waals surface area contributed by atoms with Crippen LogP contribution in [0.2, 0.25) is 0 Å². The predicted octanol–water partition coefficient (Wildman–Crippen LogP) is 3.96. The van der Waals surface area contributed by atoms with Crippen molar-refractivity contribution < 1.29 is 17.9 Å². The minimum absolute atomic E-state index is 0.107. The standard InChI is InChI=1S/C22H30N2O4S2/c1-16(2)28-15-18-6-5-7-19(14-18)23-22(25)21(12-13-29-4)24-30(26,27)20-10-8-17(3)9-11-20/h5-11,14,16,21,24H,12-13,15H2,1-4H3,(H,23,25). The number of benzene rings is 2. The van der Waals surface area contributed by atoms with Crippen LogP contribution in [0.4, 0.5) is 5.69 Å². The molecule has 164 valence electrons. The third-order valence-corrected chi connectivity index (χ3v) is 6.47. The topological polar surface area (TPSA) is 84.5 Å². The van der Waals surface area contributed by atoms with Crippen LogP contribution in [0.1, 0.15) is 31.4 Å². The lowest BCUT2D eigenvalue weighted by Crippen LogP contribution is -2.44. The summed E-state index contributed by atoms with van der Waals surface area (Å²) in [5.74, 6) is 0.262. The second kappa shape index (κ2) is 11.5. The van der Waals surface area contributed by atoms with Crippen molar-refractivity contribution in [3.63, 3.8) is 0 Å². The number of sulfonamides is 1. The summed E-state index contributed by atoms with van der Waals surface area (Å²) in [7, 11) is -3.81. The molecular weight excluding hydrogens is 420 g/mol. The Bertz CT molecular complexity index is 928. The first-order chi connectivity index (χ1) is 14.2. The highest BCUT2D eigenvalue weighted by Gasteiger charge is 2.25. The van der Waals surface area contributed by atoms with E-state index in [1.165, 1.54) is 0 Å². The van der Waals surface area contributed by atoms with Gasteiger partial charge in [-0.15, -0.1) is 0 Å². The van der Waals surface area contributed by atoms with Crippen molar-refractivity contribution >= 4 is 33.4 Å². The Hall–Kier alpha value is -1.87. The maximum atomic E-state index is 12.9. The number of nitrogens with one attached hydrogen (secondary N) is 2. The minimum Gasteiger partial charge on any atom is -0.374 e. The lowest BCUT2D eigenvalue weighted by atomic mass is 10.2. The summed E-state index contributed by atoms with van der Waals surface area (Å²) in [5, 5.41) is 2.83. The van der Waals surface area contributed by atoms with E-state index >= 15 is 0 Å². The first-order valence-corrected chi connectivity index (χ1v) is 12.7. The summed E-state index contributed by atoms with van der Waals surface area (Å²) in [6.07, 6.45) is 2.41. The number of hydrogen-bond donors (Lipinski definition) is 2. The predicted molar refractivity (Wildman–Crippen MR) is 123 cm³/mol. The van der Waals surface area contributed by atoms with Crippen molar-refractivity contribution in [1.29, 1.82) is 0 Å². The molecule has 30 heavy (non-hydrogen) atoms. The highest BCUT2D eigenvalue weighted by Crippen LogP contribution is 2.16. The van der Waals surface area contributed by atoms with Crippen LogP contribution < -0.4 is 10.0 Å². The smallest absolute Gasteiger partial charge is 0.242 e. The molecule has 0 heterocycles. The van der Waals surface area contributed by atoms with E-state index in [0.29, 0.717) is 24.5 Å². The first kappa shape index (κ1) is 24.4. The van der Waals surface area contributed by atoms with E-state index in [2.05, 4.69) is 10.0 Å². The highest BCUT2D eigenvalue weighted by molar-refractivity contribution is 7.98. The van der Waals surface area contributed by atoms with Crippen LogP contribution in [-0.4, -0.2) is 38.5 Å². The van der Waals surface area contributed by atoms with Crippen LogP contribution in [0.15, 0.2) is 53.4 Å². The van der Waals surface area contributed by atoms with Gasteiger partial charge in [-0.1, -0.05) is 29.8 Å². The van der Waals surface area contributed by atoms with E-state index in [0.717, 1.165) is 11.1 Å². The second-order valence-corrected chi connectivity index (χ2v) is 10.0. The molecule has 1 unspecified atom stereocenters. The van der Waals surface area contributed by atoms with Crippen LogP contribution in [0.25, 0.3) is 0 Å². The van der Waals surface area contributed by atoms with Crippen LogP contribution in [-0.2, 0) is 26.2 Å². The third kappa shape index (κ3) is 7.75. The van der Waals surface area contributed by atoms with Gasteiger partial charge in [-0.3, -0.25) is 4.79 Å². The molecule has 0 aliphatic heterocycles. The van der Waals surface area contributed by atoms with Gasteiger partial charge in [0, 0.05) is 5.69 Å².